The average Bonchev–Trinajstić information content (AvgIpc) is 3.48. The Morgan fingerprint density at radius 1 is 0.556 bits per heavy atom. The number of benzene rings is 5. The summed E-state index contributed by atoms with van der Waals surface area (Å²) in [7, 11) is 2.16. The molecule has 2 heteroatoms. The molecule has 0 unspecified atom stereocenters. The third-order valence-corrected chi connectivity index (χ3v) is 8.51. The first-order valence-electron chi connectivity index (χ1n) is 12.7. The van der Waals surface area contributed by atoms with E-state index < -0.39 is 0 Å². The van der Waals surface area contributed by atoms with Gasteiger partial charge < -0.3 is 9.13 Å². The lowest BCUT2D eigenvalue weighted by atomic mass is 9.81. The molecule has 0 spiro atoms. The topological polar surface area (TPSA) is 9.86 Å². The van der Waals surface area contributed by atoms with Crippen LogP contribution in [0.2, 0.25) is 0 Å². The first kappa shape index (κ1) is 19.9. The molecule has 8 rings (SSSR count). The van der Waals surface area contributed by atoms with Crippen LogP contribution in [-0.2, 0) is 12.5 Å². The van der Waals surface area contributed by atoms with Crippen LogP contribution in [0.3, 0.4) is 0 Å². The molecule has 0 bridgehead atoms. The normalized spacial score (nSPS) is 14.2. The van der Waals surface area contributed by atoms with Gasteiger partial charge in [-0.2, -0.15) is 0 Å². The zero-order chi connectivity index (χ0) is 24.2. The van der Waals surface area contributed by atoms with Crippen LogP contribution >= 0.6 is 0 Å². The highest BCUT2D eigenvalue weighted by atomic mass is 15.0. The van der Waals surface area contributed by atoms with Crippen LogP contribution in [0, 0.1) is 0 Å². The summed E-state index contributed by atoms with van der Waals surface area (Å²) in [5.74, 6) is 0. The molecule has 1 aliphatic rings. The summed E-state index contributed by atoms with van der Waals surface area (Å²) in [6.45, 7) is 4.76. The molecular formula is C34H26N2. The van der Waals surface area contributed by atoms with Crippen molar-refractivity contribution in [2.45, 2.75) is 19.3 Å². The summed E-state index contributed by atoms with van der Waals surface area (Å²) in [6, 6.07) is 38.1. The van der Waals surface area contributed by atoms with Gasteiger partial charge in [0.25, 0.3) is 0 Å². The highest BCUT2D eigenvalue weighted by Crippen LogP contribution is 2.52. The Hall–Kier alpha value is -4.30. The van der Waals surface area contributed by atoms with Crippen molar-refractivity contribution in [3.8, 4) is 16.8 Å². The van der Waals surface area contributed by atoms with E-state index in [0.29, 0.717) is 0 Å². The van der Waals surface area contributed by atoms with E-state index >= 15 is 0 Å². The second kappa shape index (κ2) is 6.67. The molecule has 0 saturated carbocycles. The maximum Gasteiger partial charge on any atom is 0.0588 e. The van der Waals surface area contributed by atoms with Crippen LogP contribution in [-0.4, -0.2) is 9.13 Å². The van der Waals surface area contributed by atoms with Crippen molar-refractivity contribution in [2.75, 3.05) is 0 Å². The molecule has 0 fully saturated rings. The summed E-state index contributed by atoms with van der Waals surface area (Å²) < 4.78 is 4.82. The molecule has 5 aromatic carbocycles. The van der Waals surface area contributed by atoms with Crippen molar-refractivity contribution in [1.82, 2.24) is 9.13 Å². The fourth-order valence-electron chi connectivity index (χ4n) is 6.88. The Bertz CT molecular complexity index is 2030. The summed E-state index contributed by atoms with van der Waals surface area (Å²) in [4.78, 5) is 0. The van der Waals surface area contributed by atoms with E-state index in [-0.39, 0.29) is 5.41 Å². The Balaban J connectivity index is 1.55. The lowest BCUT2D eigenvalue weighted by Crippen LogP contribution is -2.16. The Kier molecular flexibility index (Phi) is 3.70. The molecule has 0 N–H and O–H groups in total. The van der Waals surface area contributed by atoms with Gasteiger partial charge in [-0.1, -0.05) is 86.6 Å². The minimum Gasteiger partial charge on any atom is -0.344 e. The third-order valence-electron chi connectivity index (χ3n) is 8.51. The number of para-hydroxylation sites is 2. The van der Waals surface area contributed by atoms with E-state index in [0.717, 1.165) is 0 Å². The maximum atomic E-state index is 2.51. The predicted octanol–water partition coefficient (Wildman–Crippen LogP) is 8.73. The minimum absolute atomic E-state index is 0.0822. The fraction of sp³-hybridized carbons (Fsp3) is 0.118. The molecule has 1 aliphatic carbocycles. The summed E-state index contributed by atoms with van der Waals surface area (Å²) >= 11 is 0. The third kappa shape index (κ3) is 2.32. The Morgan fingerprint density at radius 2 is 1.22 bits per heavy atom. The summed E-state index contributed by atoms with van der Waals surface area (Å²) in [5.41, 5.74) is 11.8. The first-order valence-corrected chi connectivity index (χ1v) is 12.7. The van der Waals surface area contributed by atoms with Crippen LogP contribution in [0.4, 0.5) is 0 Å². The smallest absolute Gasteiger partial charge is 0.0588 e. The summed E-state index contributed by atoms with van der Waals surface area (Å²) in [6.07, 6.45) is 0. The molecular weight excluding hydrogens is 436 g/mol. The largest absolute Gasteiger partial charge is 0.344 e. The molecule has 172 valence electrons. The van der Waals surface area contributed by atoms with Crippen LogP contribution in [0.25, 0.3) is 60.4 Å². The number of aromatic nitrogens is 2. The van der Waals surface area contributed by atoms with Gasteiger partial charge in [-0.3, -0.25) is 0 Å². The lowest BCUT2D eigenvalue weighted by molar-refractivity contribution is 0.664. The van der Waals surface area contributed by atoms with Crippen molar-refractivity contribution < 1.29 is 0 Å². The molecule has 2 nitrogen and oxygen atoms in total. The molecule has 0 atom stereocenters. The summed E-state index contributed by atoms with van der Waals surface area (Å²) in [5, 5.41) is 5.23. The second-order valence-corrected chi connectivity index (χ2v) is 10.7. The predicted molar refractivity (Wildman–Crippen MR) is 152 cm³/mol. The highest BCUT2D eigenvalue weighted by molar-refractivity contribution is 6.14. The molecule has 2 aromatic heterocycles. The number of aryl methyl sites for hydroxylation is 1. The average molecular weight is 463 g/mol. The van der Waals surface area contributed by atoms with Crippen LogP contribution in [0.1, 0.15) is 25.0 Å². The van der Waals surface area contributed by atoms with Crippen LogP contribution < -0.4 is 0 Å². The molecule has 7 aromatic rings. The van der Waals surface area contributed by atoms with Gasteiger partial charge >= 0.3 is 0 Å². The quantitative estimate of drug-likeness (QED) is 0.231. The first-order chi connectivity index (χ1) is 17.6. The molecule has 36 heavy (non-hydrogen) atoms. The van der Waals surface area contributed by atoms with Crippen molar-refractivity contribution in [2.24, 2.45) is 7.05 Å². The van der Waals surface area contributed by atoms with E-state index in [9.17, 15) is 0 Å². The van der Waals surface area contributed by atoms with Gasteiger partial charge in [-0.25, -0.2) is 0 Å². The standard InChI is InChI=1S/C34H26N2/c1-34(2)28-13-7-4-10-22(28)25-17-18-26-23-11-6-9-15-31(23)36(33(26)32(25)34)21-16-19-30-27(20-21)24-12-5-8-14-29(24)35(30)3/h4-20H,1-3H3. The Morgan fingerprint density at radius 3 is 2.06 bits per heavy atom. The Labute approximate surface area is 210 Å². The van der Waals surface area contributed by atoms with E-state index in [1.807, 2.05) is 0 Å². The fourth-order valence-corrected chi connectivity index (χ4v) is 6.88. The zero-order valence-electron chi connectivity index (χ0n) is 20.7. The monoisotopic (exact) mass is 462 g/mol. The van der Waals surface area contributed by atoms with Gasteiger partial charge in [0, 0.05) is 50.7 Å². The lowest BCUT2D eigenvalue weighted by Gasteiger charge is -2.23. The van der Waals surface area contributed by atoms with Gasteiger partial charge in [-0.05, 0) is 52.6 Å². The van der Waals surface area contributed by atoms with Crippen LogP contribution in [0.5, 0.6) is 0 Å². The number of hydrogen-bond donors (Lipinski definition) is 0. The maximum absolute atomic E-state index is 2.51. The van der Waals surface area contributed by atoms with Crippen molar-refractivity contribution >= 4 is 43.6 Å². The number of hydrogen-bond acceptors (Lipinski definition) is 0. The van der Waals surface area contributed by atoms with Gasteiger partial charge in [-0.15, -0.1) is 0 Å². The number of fused-ring (bicyclic) bond motifs is 10. The SMILES string of the molecule is Cn1c2ccccc2c2cc(-n3c4ccccc4c4ccc5c(c43)C(C)(C)c3ccccc3-5)ccc21. The van der Waals surface area contributed by atoms with E-state index in [4.69, 9.17) is 0 Å². The number of nitrogens with zero attached hydrogens (tertiary/aromatic N) is 2. The minimum atomic E-state index is -0.0822. The molecule has 0 amide bonds. The number of rotatable bonds is 1. The van der Waals surface area contributed by atoms with E-state index in [1.165, 1.54) is 71.6 Å². The van der Waals surface area contributed by atoms with Crippen molar-refractivity contribution in [3.05, 3.63) is 114 Å². The van der Waals surface area contributed by atoms with E-state index in [2.05, 4.69) is 133 Å². The van der Waals surface area contributed by atoms with Gasteiger partial charge in [0.05, 0.1) is 11.0 Å². The van der Waals surface area contributed by atoms with Crippen molar-refractivity contribution in [3.63, 3.8) is 0 Å². The van der Waals surface area contributed by atoms with Gasteiger partial charge in [0.2, 0.25) is 0 Å². The zero-order valence-corrected chi connectivity index (χ0v) is 20.7. The van der Waals surface area contributed by atoms with Gasteiger partial charge in [0.1, 0.15) is 0 Å². The molecule has 2 heterocycles. The molecule has 0 radical (unpaired) electrons. The molecule has 0 aliphatic heterocycles. The van der Waals surface area contributed by atoms with Crippen molar-refractivity contribution in [1.29, 1.82) is 0 Å². The highest BCUT2D eigenvalue weighted by Gasteiger charge is 2.38. The van der Waals surface area contributed by atoms with Crippen LogP contribution in [0.15, 0.2) is 103 Å². The second-order valence-electron chi connectivity index (χ2n) is 10.7. The molecule has 0 saturated heterocycles. The van der Waals surface area contributed by atoms with Gasteiger partial charge in [0.15, 0.2) is 0 Å². The van der Waals surface area contributed by atoms with E-state index in [1.54, 1.807) is 0 Å².